The number of aromatic hydroxyl groups is 1. The molecule has 0 bridgehead atoms. The normalized spacial score (nSPS) is 19.4. The van der Waals surface area contributed by atoms with Gasteiger partial charge in [0.25, 0.3) is 0 Å². The summed E-state index contributed by atoms with van der Waals surface area (Å²) in [5, 5.41) is 9.92. The molecule has 0 saturated heterocycles. The lowest BCUT2D eigenvalue weighted by Gasteiger charge is -2.30. The Bertz CT molecular complexity index is 1620. The number of fused-ring (bicyclic) bond motifs is 2. The Hall–Kier alpha value is -4.91. The molecule has 0 aromatic heterocycles. The molecular weight excluding hydrogens is 508 g/mol. The number of benzene rings is 3. The first kappa shape index (κ1) is 25.4. The van der Waals surface area contributed by atoms with E-state index in [0.29, 0.717) is 29.4 Å². The molecule has 1 atom stereocenters. The van der Waals surface area contributed by atoms with Gasteiger partial charge in [0.05, 0.1) is 33.5 Å². The second-order valence-corrected chi connectivity index (χ2v) is 9.71. The summed E-state index contributed by atoms with van der Waals surface area (Å²) < 4.78 is 29.2. The number of carbonyl (C=O) groups is 1. The molecular formula is C33H28O7. The summed E-state index contributed by atoms with van der Waals surface area (Å²) in [6, 6.07) is 16.9. The van der Waals surface area contributed by atoms with Crippen LogP contribution in [0.15, 0.2) is 96.0 Å². The van der Waals surface area contributed by atoms with Crippen LogP contribution in [0.2, 0.25) is 0 Å². The number of hydrogen-bond acceptors (Lipinski definition) is 7. The van der Waals surface area contributed by atoms with Crippen molar-refractivity contribution in [1.29, 1.82) is 0 Å². The summed E-state index contributed by atoms with van der Waals surface area (Å²) in [7, 11) is 4.82. The van der Waals surface area contributed by atoms with Crippen molar-refractivity contribution in [2.24, 2.45) is 0 Å². The minimum Gasteiger partial charge on any atom is -0.508 e. The van der Waals surface area contributed by atoms with Crippen LogP contribution in [-0.2, 0) is 16.0 Å². The zero-order chi connectivity index (χ0) is 27.8. The van der Waals surface area contributed by atoms with Crippen LogP contribution in [0.4, 0.5) is 0 Å². The second-order valence-electron chi connectivity index (χ2n) is 9.71. The molecule has 202 valence electrons. The molecule has 2 heterocycles. The highest BCUT2D eigenvalue weighted by Crippen LogP contribution is 2.46. The maximum atomic E-state index is 12.0. The Morgan fingerprint density at radius 3 is 2.45 bits per heavy atom. The second kappa shape index (κ2) is 10.3. The lowest BCUT2D eigenvalue weighted by molar-refractivity contribution is -0.110. The molecule has 0 fully saturated rings. The van der Waals surface area contributed by atoms with E-state index in [1.807, 2.05) is 42.5 Å². The third kappa shape index (κ3) is 4.60. The van der Waals surface area contributed by atoms with E-state index in [0.717, 1.165) is 51.5 Å². The largest absolute Gasteiger partial charge is 0.508 e. The minimum atomic E-state index is -0.148. The first-order valence-electron chi connectivity index (χ1n) is 12.9. The summed E-state index contributed by atoms with van der Waals surface area (Å²) in [5.41, 5.74) is 5.49. The first-order chi connectivity index (χ1) is 19.5. The van der Waals surface area contributed by atoms with Crippen LogP contribution in [-0.4, -0.2) is 38.8 Å². The Morgan fingerprint density at radius 2 is 1.70 bits per heavy atom. The number of rotatable bonds is 5. The van der Waals surface area contributed by atoms with Gasteiger partial charge in [0.2, 0.25) is 0 Å². The van der Waals surface area contributed by atoms with Crippen LogP contribution >= 0.6 is 0 Å². The third-order valence-electron chi connectivity index (χ3n) is 7.35. The average Bonchev–Trinajstić information content (AvgIpc) is 2.99. The van der Waals surface area contributed by atoms with Crippen molar-refractivity contribution in [3.8, 4) is 28.7 Å². The van der Waals surface area contributed by atoms with Crippen LogP contribution in [0.5, 0.6) is 28.7 Å². The predicted molar refractivity (Wildman–Crippen MR) is 150 cm³/mol. The zero-order valence-corrected chi connectivity index (χ0v) is 22.4. The van der Waals surface area contributed by atoms with E-state index in [1.165, 1.54) is 19.3 Å². The van der Waals surface area contributed by atoms with Crippen molar-refractivity contribution in [2.45, 2.75) is 12.3 Å². The van der Waals surface area contributed by atoms with Crippen molar-refractivity contribution in [2.75, 3.05) is 27.9 Å². The van der Waals surface area contributed by atoms with Crippen LogP contribution in [0.3, 0.4) is 0 Å². The molecule has 3 aromatic rings. The Morgan fingerprint density at radius 1 is 0.875 bits per heavy atom. The number of methoxy groups -OCH3 is 3. The minimum absolute atomic E-state index is 0.0917. The summed E-state index contributed by atoms with van der Waals surface area (Å²) >= 11 is 0. The van der Waals surface area contributed by atoms with Gasteiger partial charge in [0.1, 0.15) is 40.3 Å². The molecule has 1 aliphatic carbocycles. The van der Waals surface area contributed by atoms with E-state index >= 15 is 0 Å². The Balaban J connectivity index is 1.44. The van der Waals surface area contributed by atoms with Crippen molar-refractivity contribution in [3.63, 3.8) is 0 Å². The fraction of sp³-hybridized carbons (Fsp3) is 0.182. The number of carbonyl (C=O) groups excluding carboxylic acids is 1. The van der Waals surface area contributed by atoms with Gasteiger partial charge in [0.15, 0.2) is 5.78 Å². The third-order valence-corrected chi connectivity index (χ3v) is 7.35. The van der Waals surface area contributed by atoms with E-state index in [1.54, 1.807) is 32.4 Å². The molecule has 40 heavy (non-hydrogen) atoms. The summed E-state index contributed by atoms with van der Waals surface area (Å²) in [5.74, 6) is 4.00. The highest BCUT2D eigenvalue weighted by atomic mass is 16.5. The van der Waals surface area contributed by atoms with Crippen molar-refractivity contribution in [1.82, 2.24) is 0 Å². The molecule has 7 heteroatoms. The fourth-order valence-electron chi connectivity index (χ4n) is 5.31. The van der Waals surface area contributed by atoms with Crippen LogP contribution in [0, 0.1) is 0 Å². The van der Waals surface area contributed by atoms with Crippen molar-refractivity contribution in [3.05, 3.63) is 118 Å². The molecule has 3 aromatic carbocycles. The van der Waals surface area contributed by atoms with Gasteiger partial charge in [-0.15, -0.1) is 0 Å². The summed E-state index contributed by atoms with van der Waals surface area (Å²) in [6.07, 6.45) is 7.33. The number of allylic oxidation sites excluding steroid dienone is 4. The van der Waals surface area contributed by atoms with Gasteiger partial charge in [-0.25, -0.2) is 0 Å². The predicted octanol–water partition coefficient (Wildman–Crippen LogP) is 5.88. The van der Waals surface area contributed by atoms with Gasteiger partial charge < -0.3 is 28.8 Å². The summed E-state index contributed by atoms with van der Waals surface area (Å²) in [4.78, 5) is 12.0. The van der Waals surface area contributed by atoms with Crippen molar-refractivity contribution < 1.29 is 33.6 Å². The van der Waals surface area contributed by atoms with Gasteiger partial charge in [-0.3, -0.25) is 4.79 Å². The molecule has 2 aliphatic heterocycles. The summed E-state index contributed by atoms with van der Waals surface area (Å²) in [6.45, 7) is 0.491. The van der Waals surface area contributed by atoms with Gasteiger partial charge in [-0.2, -0.15) is 0 Å². The Kier molecular flexibility index (Phi) is 6.56. The molecule has 6 rings (SSSR count). The van der Waals surface area contributed by atoms with Gasteiger partial charge in [0, 0.05) is 35.3 Å². The molecule has 0 saturated carbocycles. The monoisotopic (exact) mass is 536 g/mol. The van der Waals surface area contributed by atoms with E-state index < -0.39 is 0 Å². The molecule has 3 aliphatic rings. The van der Waals surface area contributed by atoms with Crippen LogP contribution in [0.25, 0.3) is 5.57 Å². The number of hydrogen-bond donors (Lipinski definition) is 1. The lowest BCUT2D eigenvalue weighted by Crippen LogP contribution is -2.20. The van der Waals surface area contributed by atoms with Gasteiger partial charge in [-0.1, -0.05) is 18.2 Å². The Labute approximate surface area is 232 Å². The molecule has 0 radical (unpaired) electrons. The molecule has 1 unspecified atom stereocenters. The number of phenolic OH excluding ortho intramolecular Hbond substituents is 1. The van der Waals surface area contributed by atoms with E-state index in [9.17, 15) is 9.90 Å². The molecule has 1 N–H and O–H groups in total. The number of ether oxygens (including phenoxy) is 5. The van der Waals surface area contributed by atoms with Crippen molar-refractivity contribution >= 4 is 11.4 Å². The topological polar surface area (TPSA) is 83.5 Å². The SMILES string of the molecule is COC1=CC(=O)C=C/C1=C1\C=C(c2ccc(O)cc2)c2cc3c(cc2O1)OCC(c1ccc(OC)cc1OC)C3. The van der Waals surface area contributed by atoms with E-state index in [2.05, 4.69) is 6.07 Å². The average molecular weight is 537 g/mol. The highest BCUT2D eigenvalue weighted by Gasteiger charge is 2.29. The molecule has 7 nitrogen and oxygen atoms in total. The first-order valence-corrected chi connectivity index (χ1v) is 12.9. The maximum Gasteiger partial charge on any atom is 0.182 e. The number of phenols is 1. The van der Waals surface area contributed by atoms with Crippen LogP contribution in [0.1, 0.15) is 28.2 Å². The van der Waals surface area contributed by atoms with Crippen LogP contribution < -0.4 is 18.9 Å². The van der Waals surface area contributed by atoms with Gasteiger partial charge in [-0.05, 0) is 65.6 Å². The van der Waals surface area contributed by atoms with E-state index in [4.69, 9.17) is 23.7 Å². The fourth-order valence-corrected chi connectivity index (χ4v) is 5.31. The van der Waals surface area contributed by atoms with E-state index in [-0.39, 0.29) is 17.5 Å². The molecule has 0 amide bonds. The standard InChI is InChI=1S/C33H28O7/c1-36-24-9-11-25(31(15-24)38-3)21-12-20-13-28-27(19-4-6-22(34)7-5-19)16-32(40-33(28)17-29(20)39-18-21)26-10-8-23(35)14-30(26)37-2/h4-11,13-17,21,34H,12,18H2,1-3H3/b32-26-. The molecule has 0 spiro atoms. The van der Waals surface area contributed by atoms with Gasteiger partial charge >= 0.3 is 0 Å². The lowest BCUT2D eigenvalue weighted by atomic mass is 9.86. The quantitative estimate of drug-likeness (QED) is 0.436. The highest BCUT2D eigenvalue weighted by molar-refractivity contribution is 6.02. The smallest absolute Gasteiger partial charge is 0.182 e. The number of ketones is 1. The maximum absolute atomic E-state index is 12.0. The zero-order valence-electron chi connectivity index (χ0n) is 22.4.